The van der Waals surface area contributed by atoms with Crippen molar-refractivity contribution in [3.63, 3.8) is 0 Å². The van der Waals surface area contributed by atoms with E-state index in [1.807, 2.05) is 0 Å². The van der Waals surface area contributed by atoms with Crippen LogP contribution in [0, 0.1) is 0 Å². The van der Waals surface area contributed by atoms with Crippen molar-refractivity contribution in [1.82, 2.24) is 4.98 Å². The Kier molecular flexibility index (Phi) is 3.90. The molecule has 3 nitrogen and oxygen atoms in total. The molecule has 1 aromatic rings. The van der Waals surface area contributed by atoms with E-state index in [9.17, 15) is 18.0 Å². The average Bonchev–Trinajstić information content (AvgIpc) is 2.61. The lowest BCUT2D eigenvalue weighted by Crippen LogP contribution is -2.13. The van der Waals surface area contributed by atoms with Crippen LogP contribution in [-0.2, 0) is 17.3 Å². The Morgan fingerprint density at radius 2 is 2.06 bits per heavy atom. The molecule has 0 spiro atoms. The van der Waals surface area contributed by atoms with Gasteiger partial charge in [0.1, 0.15) is 4.88 Å². The highest BCUT2D eigenvalue weighted by Crippen LogP contribution is 2.34. The van der Waals surface area contributed by atoms with Crippen molar-refractivity contribution >= 4 is 17.3 Å². The van der Waals surface area contributed by atoms with Crippen molar-refractivity contribution in [2.24, 2.45) is 0 Å². The fourth-order valence-electron chi connectivity index (χ4n) is 1.04. The van der Waals surface area contributed by atoms with E-state index in [2.05, 4.69) is 9.72 Å². The number of nitrogens with zero attached hydrogens (tertiary/aromatic N) is 1. The van der Waals surface area contributed by atoms with Gasteiger partial charge in [0, 0.05) is 0 Å². The molecule has 7 heteroatoms. The Morgan fingerprint density at radius 1 is 1.44 bits per heavy atom. The predicted molar refractivity (Wildman–Crippen MR) is 52.5 cm³/mol. The maximum atomic E-state index is 12.5. The van der Waals surface area contributed by atoms with E-state index < -0.39 is 22.7 Å². The third-order valence-electron chi connectivity index (χ3n) is 1.70. The average molecular weight is 253 g/mol. The van der Waals surface area contributed by atoms with Gasteiger partial charge in [-0.25, -0.2) is 9.78 Å². The van der Waals surface area contributed by atoms with Crippen molar-refractivity contribution in [2.75, 3.05) is 6.61 Å². The SMILES string of the molecule is CCOC(=O)c1sc(CC)nc1C(F)(F)F. The molecule has 0 unspecified atom stereocenters. The molecule has 16 heavy (non-hydrogen) atoms. The maximum absolute atomic E-state index is 12.5. The summed E-state index contributed by atoms with van der Waals surface area (Å²) in [6.45, 7) is 3.25. The minimum absolute atomic E-state index is 0.0372. The number of aromatic nitrogens is 1. The number of ether oxygens (including phenoxy) is 1. The summed E-state index contributed by atoms with van der Waals surface area (Å²) in [5.41, 5.74) is -1.15. The summed E-state index contributed by atoms with van der Waals surface area (Å²) in [7, 11) is 0. The third-order valence-corrected chi connectivity index (χ3v) is 2.88. The van der Waals surface area contributed by atoms with E-state index in [0.717, 1.165) is 11.3 Å². The minimum atomic E-state index is -4.62. The molecular formula is C9H10F3NO2S. The van der Waals surface area contributed by atoms with Gasteiger partial charge in [-0.3, -0.25) is 0 Å². The lowest BCUT2D eigenvalue weighted by Gasteiger charge is -2.05. The molecule has 0 N–H and O–H groups in total. The Labute approximate surface area is 94.3 Å². The highest BCUT2D eigenvalue weighted by atomic mass is 32.1. The van der Waals surface area contributed by atoms with Gasteiger partial charge in [0.05, 0.1) is 11.6 Å². The van der Waals surface area contributed by atoms with Crippen LogP contribution in [0.4, 0.5) is 13.2 Å². The number of hydrogen-bond donors (Lipinski definition) is 0. The fraction of sp³-hybridized carbons (Fsp3) is 0.556. The first kappa shape index (κ1) is 13.0. The topological polar surface area (TPSA) is 39.2 Å². The van der Waals surface area contributed by atoms with Gasteiger partial charge in [-0.1, -0.05) is 6.92 Å². The zero-order valence-electron chi connectivity index (χ0n) is 8.72. The Bertz CT molecular complexity index is 387. The summed E-state index contributed by atoms with van der Waals surface area (Å²) in [5, 5.41) is 0.273. The van der Waals surface area contributed by atoms with Gasteiger partial charge in [0.25, 0.3) is 0 Å². The molecule has 1 aromatic heterocycles. The molecule has 0 aromatic carbocycles. The van der Waals surface area contributed by atoms with Crippen molar-refractivity contribution in [1.29, 1.82) is 0 Å². The summed E-state index contributed by atoms with van der Waals surface area (Å²) in [4.78, 5) is 14.2. The zero-order chi connectivity index (χ0) is 12.3. The van der Waals surface area contributed by atoms with Gasteiger partial charge in [0.2, 0.25) is 0 Å². The van der Waals surface area contributed by atoms with Gasteiger partial charge in [-0.05, 0) is 13.3 Å². The van der Waals surface area contributed by atoms with Crippen LogP contribution in [0.15, 0.2) is 0 Å². The highest BCUT2D eigenvalue weighted by molar-refractivity contribution is 7.13. The summed E-state index contributed by atoms with van der Waals surface area (Å²) in [6, 6.07) is 0. The Morgan fingerprint density at radius 3 is 2.50 bits per heavy atom. The van der Waals surface area contributed by atoms with E-state index >= 15 is 0 Å². The van der Waals surface area contributed by atoms with Crippen molar-refractivity contribution in [3.05, 3.63) is 15.6 Å². The van der Waals surface area contributed by atoms with E-state index in [0.29, 0.717) is 6.42 Å². The molecule has 90 valence electrons. The molecule has 0 saturated heterocycles. The maximum Gasteiger partial charge on any atom is 0.435 e. The number of halogens is 3. The number of carbonyl (C=O) groups is 1. The van der Waals surface area contributed by atoms with Gasteiger partial charge in [-0.2, -0.15) is 13.2 Å². The van der Waals surface area contributed by atoms with Gasteiger partial charge in [0.15, 0.2) is 5.69 Å². The molecule has 0 aliphatic heterocycles. The monoisotopic (exact) mass is 253 g/mol. The van der Waals surface area contributed by atoms with Crippen molar-refractivity contribution in [3.8, 4) is 0 Å². The van der Waals surface area contributed by atoms with Gasteiger partial charge in [-0.15, -0.1) is 11.3 Å². The molecule has 1 rings (SSSR count). The molecule has 0 aliphatic carbocycles. The van der Waals surface area contributed by atoms with E-state index in [-0.39, 0.29) is 11.6 Å². The number of esters is 1. The van der Waals surface area contributed by atoms with Gasteiger partial charge >= 0.3 is 12.1 Å². The predicted octanol–water partition coefficient (Wildman–Crippen LogP) is 2.90. The van der Waals surface area contributed by atoms with E-state index in [4.69, 9.17) is 0 Å². The summed E-state index contributed by atoms with van der Waals surface area (Å²) in [6.07, 6.45) is -4.26. The standard InChI is InChI=1S/C9H10F3NO2S/c1-3-5-13-7(9(10,11)12)6(16-5)8(14)15-4-2/h3-4H2,1-2H3. The van der Waals surface area contributed by atoms with Crippen LogP contribution in [-0.4, -0.2) is 17.6 Å². The number of hydrogen-bond acceptors (Lipinski definition) is 4. The first-order valence-electron chi connectivity index (χ1n) is 4.64. The van der Waals surface area contributed by atoms with Crippen LogP contribution < -0.4 is 0 Å². The highest BCUT2D eigenvalue weighted by Gasteiger charge is 2.39. The molecule has 0 atom stereocenters. The molecule has 0 amide bonds. The van der Waals surface area contributed by atoms with Crippen LogP contribution in [0.25, 0.3) is 0 Å². The quantitative estimate of drug-likeness (QED) is 0.777. The molecule has 0 fully saturated rings. The molecular weight excluding hydrogens is 243 g/mol. The van der Waals surface area contributed by atoms with Crippen LogP contribution >= 0.6 is 11.3 Å². The normalized spacial score (nSPS) is 11.6. The number of carbonyl (C=O) groups excluding carboxylic acids is 1. The number of aryl methyl sites for hydroxylation is 1. The smallest absolute Gasteiger partial charge is 0.435 e. The zero-order valence-corrected chi connectivity index (χ0v) is 9.54. The van der Waals surface area contributed by atoms with Gasteiger partial charge < -0.3 is 4.74 Å². The molecule has 0 radical (unpaired) electrons. The first-order valence-corrected chi connectivity index (χ1v) is 5.45. The summed E-state index contributed by atoms with van der Waals surface area (Å²) >= 11 is 0.729. The minimum Gasteiger partial charge on any atom is -0.462 e. The van der Waals surface area contributed by atoms with E-state index in [1.54, 1.807) is 6.92 Å². The lowest BCUT2D eigenvalue weighted by atomic mass is 10.3. The van der Waals surface area contributed by atoms with Crippen LogP contribution in [0.2, 0.25) is 0 Å². The molecule has 0 bridgehead atoms. The third kappa shape index (κ3) is 2.72. The molecule has 0 aliphatic rings. The van der Waals surface area contributed by atoms with Crippen molar-refractivity contribution < 1.29 is 22.7 Å². The van der Waals surface area contributed by atoms with Crippen LogP contribution in [0.1, 0.15) is 34.2 Å². The number of rotatable bonds is 3. The Hall–Kier alpha value is -1.11. The first-order chi connectivity index (χ1) is 7.40. The van der Waals surface area contributed by atoms with E-state index in [1.165, 1.54) is 6.92 Å². The molecule has 1 heterocycles. The fourth-order valence-corrected chi connectivity index (χ4v) is 1.96. The second-order valence-corrected chi connectivity index (χ2v) is 3.94. The summed E-state index contributed by atoms with van der Waals surface area (Å²) in [5.74, 6) is -0.966. The van der Waals surface area contributed by atoms with Crippen molar-refractivity contribution in [2.45, 2.75) is 26.4 Å². The number of alkyl halides is 3. The van der Waals surface area contributed by atoms with Crippen LogP contribution in [0.5, 0.6) is 0 Å². The second kappa shape index (κ2) is 4.82. The lowest BCUT2D eigenvalue weighted by molar-refractivity contribution is -0.141. The molecule has 0 saturated carbocycles. The summed E-state index contributed by atoms with van der Waals surface area (Å²) < 4.78 is 42.2. The number of thiazole rings is 1. The van der Waals surface area contributed by atoms with Crippen LogP contribution in [0.3, 0.4) is 0 Å². The Balaban J connectivity index is 3.15. The second-order valence-electron chi connectivity index (χ2n) is 2.86. The largest absolute Gasteiger partial charge is 0.462 e.